The Morgan fingerprint density at radius 2 is 2.14 bits per heavy atom. The van der Waals surface area contributed by atoms with E-state index >= 15 is 0 Å². The molecular weight excluding hydrogens is 290 g/mol. The van der Waals surface area contributed by atoms with Crippen LogP contribution in [0.25, 0.3) is 0 Å². The molecule has 0 fully saturated rings. The number of ether oxygens (including phenoxy) is 2. The molecule has 0 spiro atoms. The second-order valence-electron chi connectivity index (χ2n) is 4.73. The highest BCUT2D eigenvalue weighted by Crippen LogP contribution is 2.20. The number of nitrogens with one attached hydrogen (secondary N) is 1. The van der Waals surface area contributed by atoms with Crippen molar-refractivity contribution in [3.05, 3.63) is 29.3 Å². The number of methoxy groups -OCH3 is 1. The van der Waals surface area contributed by atoms with Crippen LogP contribution in [0.5, 0.6) is 11.8 Å². The van der Waals surface area contributed by atoms with Crippen molar-refractivity contribution in [2.75, 3.05) is 19.0 Å². The highest BCUT2D eigenvalue weighted by Gasteiger charge is 2.13. The standard InChI is InChI=1S/C14H17N3O3S/c1-9(2)8-20-12-7-10(6-11(16-12)19-3)13(18)17-14-15-4-5-21-14/h4-7,9H,8H2,1-3H3,(H,15,17,18). The van der Waals surface area contributed by atoms with E-state index in [1.54, 1.807) is 23.7 Å². The summed E-state index contributed by atoms with van der Waals surface area (Å²) < 4.78 is 10.7. The molecule has 1 N–H and O–H groups in total. The van der Waals surface area contributed by atoms with E-state index in [0.717, 1.165) is 0 Å². The van der Waals surface area contributed by atoms with E-state index in [1.165, 1.54) is 18.4 Å². The summed E-state index contributed by atoms with van der Waals surface area (Å²) in [7, 11) is 1.50. The first kappa shape index (κ1) is 15.2. The van der Waals surface area contributed by atoms with Gasteiger partial charge in [-0.2, -0.15) is 4.98 Å². The number of carbonyl (C=O) groups excluding carboxylic acids is 1. The van der Waals surface area contributed by atoms with Gasteiger partial charge in [0.25, 0.3) is 5.91 Å². The molecule has 2 heterocycles. The van der Waals surface area contributed by atoms with Gasteiger partial charge in [0, 0.05) is 23.7 Å². The first-order chi connectivity index (χ1) is 10.1. The Bertz CT molecular complexity index is 600. The minimum absolute atomic E-state index is 0.278. The quantitative estimate of drug-likeness (QED) is 0.888. The minimum atomic E-state index is -0.278. The molecular formula is C14H17N3O3S. The van der Waals surface area contributed by atoms with Crippen LogP contribution in [-0.2, 0) is 0 Å². The third kappa shape index (κ3) is 4.42. The number of hydrogen-bond donors (Lipinski definition) is 1. The van der Waals surface area contributed by atoms with E-state index in [2.05, 4.69) is 15.3 Å². The van der Waals surface area contributed by atoms with Crippen molar-refractivity contribution < 1.29 is 14.3 Å². The van der Waals surface area contributed by atoms with Crippen LogP contribution >= 0.6 is 11.3 Å². The lowest BCUT2D eigenvalue weighted by Gasteiger charge is -2.10. The monoisotopic (exact) mass is 307 g/mol. The summed E-state index contributed by atoms with van der Waals surface area (Å²) in [6.45, 7) is 4.60. The molecule has 21 heavy (non-hydrogen) atoms. The highest BCUT2D eigenvalue weighted by molar-refractivity contribution is 7.13. The van der Waals surface area contributed by atoms with Gasteiger partial charge < -0.3 is 9.47 Å². The lowest BCUT2D eigenvalue weighted by molar-refractivity contribution is 0.102. The molecule has 0 radical (unpaired) electrons. The Morgan fingerprint density at radius 3 is 2.76 bits per heavy atom. The maximum atomic E-state index is 12.2. The Labute approximate surface area is 127 Å². The van der Waals surface area contributed by atoms with Crippen LogP contribution in [0.3, 0.4) is 0 Å². The number of pyridine rings is 1. The molecule has 112 valence electrons. The van der Waals surface area contributed by atoms with Crippen molar-refractivity contribution in [3.63, 3.8) is 0 Å². The van der Waals surface area contributed by atoms with Crippen molar-refractivity contribution >= 4 is 22.4 Å². The molecule has 0 bridgehead atoms. The van der Waals surface area contributed by atoms with E-state index in [4.69, 9.17) is 9.47 Å². The molecule has 6 nitrogen and oxygen atoms in total. The number of aromatic nitrogens is 2. The van der Waals surface area contributed by atoms with E-state index in [9.17, 15) is 4.79 Å². The van der Waals surface area contributed by atoms with Crippen LogP contribution in [-0.4, -0.2) is 29.6 Å². The molecule has 2 aromatic heterocycles. The molecule has 0 atom stereocenters. The van der Waals surface area contributed by atoms with Gasteiger partial charge in [-0.05, 0) is 5.92 Å². The fourth-order valence-corrected chi connectivity index (χ4v) is 2.02. The van der Waals surface area contributed by atoms with Crippen LogP contribution in [0.1, 0.15) is 24.2 Å². The summed E-state index contributed by atoms with van der Waals surface area (Å²) in [5, 5.41) is 5.04. The number of thiazole rings is 1. The topological polar surface area (TPSA) is 73.3 Å². The molecule has 0 aliphatic carbocycles. The maximum absolute atomic E-state index is 12.2. The zero-order valence-corrected chi connectivity index (χ0v) is 12.9. The average Bonchev–Trinajstić information content (AvgIpc) is 2.97. The molecule has 0 saturated carbocycles. The predicted molar refractivity (Wildman–Crippen MR) is 81.2 cm³/mol. The fourth-order valence-electron chi connectivity index (χ4n) is 1.50. The van der Waals surface area contributed by atoms with Gasteiger partial charge in [-0.15, -0.1) is 11.3 Å². The van der Waals surface area contributed by atoms with E-state index in [0.29, 0.717) is 35.0 Å². The first-order valence-electron chi connectivity index (χ1n) is 6.48. The van der Waals surface area contributed by atoms with Crippen LogP contribution in [0.2, 0.25) is 0 Å². The molecule has 0 saturated heterocycles. The first-order valence-corrected chi connectivity index (χ1v) is 7.36. The Balaban J connectivity index is 2.17. The van der Waals surface area contributed by atoms with Gasteiger partial charge >= 0.3 is 0 Å². The van der Waals surface area contributed by atoms with Gasteiger partial charge in [0.15, 0.2) is 5.13 Å². The third-order valence-electron chi connectivity index (χ3n) is 2.47. The fraction of sp³-hybridized carbons (Fsp3) is 0.357. The van der Waals surface area contributed by atoms with Gasteiger partial charge in [-0.3, -0.25) is 10.1 Å². The van der Waals surface area contributed by atoms with Gasteiger partial charge in [0.2, 0.25) is 11.8 Å². The second-order valence-corrected chi connectivity index (χ2v) is 5.63. The van der Waals surface area contributed by atoms with E-state index in [-0.39, 0.29) is 5.91 Å². The largest absolute Gasteiger partial charge is 0.481 e. The molecule has 0 aliphatic heterocycles. The van der Waals surface area contributed by atoms with Gasteiger partial charge in [-0.25, -0.2) is 4.98 Å². The summed E-state index contributed by atoms with van der Waals surface area (Å²) in [6.07, 6.45) is 1.63. The maximum Gasteiger partial charge on any atom is 0.257 e. The van der Waals surface area contributed by atoms with Crippen LogP contribution in [0.15, 0.2) is 23.7 Å². The Kier molecular flexibility index (Phi) is 5.10. The Hall–Kier alpha value is -2.15. The summed E-state index contributed by atoms with van der Waals surface area (Å²) in [5.41, 5.74) is 0.413. The minimum Gasteiger partial charge on any atom is -0.481 e. The van der Waals surface area contributed by atoms with Crippen molar-refractivity contribution in [1.29, 1.82) is 0 Å². The molecule has 0 aromatic carbocycles. The van der Waals surface area contributed by atoms with E-state index < -0.39 is 0 Å². The normalized spacial score (nSPS) is 10.5. The van der Waals surface area contributed by atoms with Crippen LogP contribution in [0.4, 0.5) is 5.13 Å². The zero-order valence-electron chi connectivity index (χ0n) is 12.1. The molecule has 1 amide bonds. The molecule has 2 aromatic rings. The summed E-state index contributed by atoms with van der Waals surface area (Å²) in [4.78, 5) is 20.4. The third-order valence-corrected chi connectivity index (χ3v) is 3.16. The van der Waals surface area contributed by atoms with Gasteiger partial charge in [0.1, 0.15) is 0 Å². The Morgan fingerprint density at radius 1 is 1.38 bits per heavy atom. The van der Waals surface area contributed by atoms with Crippen molar-refractivity contribution in [3.8, 4) is 11.8 Å². The number of nitrogens with zero attached hydrogens (tertiary/aromatic N) is 2. The molecule has 2 rings (SSSR count). The van der Waals surface area contributed by atoms with Crippen molar-refractivity contribution in [2.45, 2.75) is 13.8 Å². The molecule has 0 unspecified atom stereocenters. The van der Waals surface area contributed by atoms with E-state index in [1.807, 2.05) is 13.8 Å². The number of hydrogen-bond acceptors (Lipinski definition) is 6. The lowest BCUT2D eigenvalue weighted by atomic mass is 10.2. The zero-order chi connectivity index (χ0) is 15.2. The molecule has 0 aliphatic rings. The highest BCUT2D eigenvalue weighted by atomic mass is 32.1. The molecule has 7 heteroatoms. The summed E-state index contributed by atoms with van der Waals surface area (Å²) in [6, 6.07) is 3.15. The SMILES string of the molecule is COc1cc(C(=O)Nc2nccs2)cc(OCC(C)C)n1. The number of rotatable bonds is 6. The van der Waals surface area contributed by atoms with Crippen LogP contribution in [0, 0.1) is 5.92 Å². The predicted octanol–water partition coefficient (Wildman–Crippen LogP) is 2.83. The van der Waals surface area contributed by atoms with Gasteiger partial charge in [0.05, 0.1) is 19.3 Å². The van der Waals surface area contributed by atoms with Gasteiger partial charge in [-0.1, -0.05) is 13.8 Å². The van der Waals surface area contributed by atoms with Crippen LogP contribution < -0.4 is 14.8 Å². The van der Waals surface area contributed by atoms with Crippen molar-refractivity contribution in [1.82, 2.24) is 9.97 Å². The lowest BCUT2D eigenvalue weighted by Crippen LogP contribution is -2.13. The summed E-state index contributed by atoms with van der Waals surface area (Å²) >= 11 is 1.35. The van der Waals surface area contributed by atoms with Crippen molar-refractivity contribution in [2.24, 2.45) is 5.92 Å². The smallest absolute Gasteiger partial charge is 0.257 e. The number of carbonyl (C=O) groups is 1. The second kappa shape index (κ2) is 7.03. The number of anilines is 1. The summed E-state index contributed by atoms with van der Waals surface area (Å²) in [5.74, 6) is 0.790. The average molecular weight is 307 g/mol. The number of amides is 1.